The van der Waals surface area contributed by atoms with Crippen LogP contribution in [0, 0.1) is 10.1 Å². The van der Waals surface area contributed by atoms with E-state index in [1.165, 1.54) is 12.1 Å². The summed E-state index contributed by atoms with van der Waals surface area (Å²) in [7, 11) is 0. The van der Waals surface area contributed by atoms with Crippen LogP contribution in [0.5, 0.6) is 5.75 Å². The summed E-state index contributed by atoms with van der Waals surface area (Å²) < 4.78 is 5.31. The van der Waals surface area contributed by atoms with Crippen LogP contribution >= 0.6 is 34.8 Å². The molecule has 3 aromatic rings. The van der Waals surface area contributed by atoms with Gasteiger partial charge in [0.2, 0.25) is 11.6 Å². The molecule has 32 heavy (non-hydrogen) atoms. The minimum absolute atomic E-state index is 0.0501. The van der Waals surface area contributed by atoms with Crippen LogP contribution in [0.3, 0.4) is 0 Å². The van der Waals surface area contributed by atoms with E-state index in [1.807, 2.05) is 0 Å². The van der Waals surface area contributed by atoms with E-state index < -0.39 is 23.1 Å². The number of hydrogen-bond acceptors (Lipinski definition) is 8. The molecule has 0 unspecified atom stereocenters. The highest BCUT2D eigenvalue weighted by Crippen LogP contribution is 2.29. The Bertz CT molecular complexity index is 1150. The van der Waals surface area contributed by atoms with Crippen molar-refractivity contribution >= 4 is 58.0 Å². The predicted molar refractivity (Wildman–Crippen MR) is 121 cm³/mol. The Morgan fingerprint density at radius 3 is 2.53 bits per heavy atom. The number of benzene rings is 2. The van der Waals surface area contributed by atoms with Crippen LogP contribution in [0.25, 0.3) is 0 Å². The summed E-state index contributed by atoms with van der Waals surface area (Å²) in [6.45, 7) is -0.218. The van der Waals surface area contributed by atoms with Crippen molar-refractivity contribution in [3.63, 3.8) is 0 Å². The summed E-state index contributed by atoms with van der Waals surface area (Å²) >= 11 is 17.9. The van der Waals surface area contributed by atoms with Crippen LogP contribution < -0.4 is 20.9 Å². The summed E-state index contributed by atoms with van der Waals surface area (Å²) in [6.07, 6.45) is 1.11. The number of halogens is 3. The first-order valence-corrected chi connectivity index (χ1v) is 10.1. The van der Waals surface area contributed by atoms with E-state index in [4.69, 9.17) is 39.5 Å². The van der Waals surface area contributed by atoms with Gasteiger partial charge in [-0.05, 0) is 29.8 Å². The van der Waals surface area contributed by atoms with E-state index >= 15 is 0 Å². The van der Waals surface area contributed by atoms with Crippen LogP contribution in [0.1, 0.15) is 5.56 Å². The second kappa shape index (κ2) is 10.8. The average Bonchev–Trinajstić information content (AvgIpc) is 2.76. The molecule has 0 saturated carbocycles. The van der Waals surface area contributed by atoms with Gasteiger partial charge < -0.3 is 10.1 Å². The van der Waals surface area contributed by atoms with Gasteiger partial charge >= 0.3 is 5.69 Å². The molecule has 3 rings (SSSR count). The smallest absolute Gasteiger partial charge is 0.354 e. The van der Waals surface area contributed by atoms with Crippen LogP contribution in [0.4, 0.5) is 17.3 Å². The first kappa shape index (κ1) is 23.3. The molecule has 0 aliphatic rings. The number of carbonyl (C=O) groups is 1. The van der Waals surface area contributed by atoms with Gasteiger partial charge in [0.15, 0.2) is 6.61 Å². The summed E-state index contributed by atoms with van der Waals surface area (Å²) in [5.74, 6) is -0.643. The van der Waals surface area contributed by atoms with Gasteiger partial charge in [-0.3, -0.25) is 25.8 Å². The quantitative estimate of drug-likeness (QED) is 0.291. The van der Waals surface area contributed by atoms with E-state index in [-0.39, 0.29) is 29.0 Å². The van der Waals surface area contributed by atoms with Gasteiger partial charge in [-0.25, -0.2) is 9.97 Å². The minimum Gasteiger partial charge on any atom is -0.482 e. The highest BCUT2D eigenvalue weighted by Gasteiger charge is 2.23. The van der Waals surface area contributed by atoms with Crippen molar-refractivity contribution in [2.45, 2.75) is 6.54 Å². The fourth-order valence-corrected chi connectivity index (χ4v) is 3.16. The number of rotatable bonds is 9. The van der Waals surface area contributed by atoms with Crippen molar-refractivity contribution in [2.75, 3.05) is 17.3 Å². The molecule has 0 radical (unpaired) electrons. The van der Waals surface area contributed by atoms with Gasteiger partial charge in [0.25, 0.3) is 5.91 Å². The molecule has 1 amide bonds. The Labute approximate surface area is 197 Å². The SMILES string of the molecule is O=C(COc1ccc(Cl)cc1Cl)NNc1ncnc(NCc2ccccc2Cl)c1[N+](=O)[O-]. The van der Waals surface area contributed by atoms with Crippen LogP contribution in [-0.2, 0) is 11.3 Å². The molecular formula is C19H15Cl3N6O4. The summed E-state index contributed by atoms with van der Waals surface area (Å²) in [5, 5.41) is 15.6. The monoisotopic (exact) mass is 496 g/mol. The third-order valence-electron chi connectivity index (χ3n) is 3.98. The number of nitrogens with zero attached hydrogens (tertiary/aromatic N) is 3. The summed E-state index contributed by atoms with van der Waals surface area (Å²) in [6, 6.07) is 11.6. The van der Waals surface area contributed by atoms with Crippen molar-refractivity contribution in [2.24, 2.45) is 0 Å². The van der Waals surface area contributed by atoms with Crippen molar-refractivity contribution in [3.8, 4) is 5.75 Å². The molecule has 2 aromatic carbocycles. The van der Waals surface area contributed by atoms with Crippen molar-refractivity contribution in [1.82, 2.24) is 15.4 Å². The number of amides is 1. The number of nitrogens with one attached hydrogen (secondary N) is 3. The second-order valence-corrected chi connectivity index (χ2v) is 7.41. The predicted octanol–water partition coefficient (Wildman–Crippen LogP) is 4.48. The lowest BCUT2D eigenvalue weighted by atomic mass is 10.2. The van der Waals surface area contributed by atoms with Crippen LogP contribution in [-0.4, -0.2) is 27.4 Å². The topological polar surface area (TPSA) is 131 Å². The zero-order valence-corrected chi connectivity index (χ0v) is 18.4. The maximum absolute atomic E-state index is 12.1. The molecule has 0 spiro atoms. The van der Waals surface area contributed by atoms with Crippen molar-refractivity contribution < 1.29 is 14.5 Å². The maximum Gasteiger partial charge on any atom is 0.354 e. The molecule has 13 heteroatoms. The van der Waals surface area contributed by atoms with Crippen LogP contribution in [0.15, 0.2) is 48.8 Å². The van der Waals surface area contributed by atoms with Gasteiger partial charge in [-0.2, -0.15) is 0 Å². The molecule has 166 valence electrons. The largest absolute Gasteiger partial charge is 0.482 e. The fraction of sp³-hybridized carbons (Fsp3) is 0.105. The Balaban J connectivity index is 1.64. The second-order valence-electron chi connectivity index (χ2n) is 6.16. The van der Waals surface area contributed by atoms with Gasteiger partial charge in [0.05, 0.1) is 9.95 Å². The summed E-state index contributed by atoms with van der Waals surface area (Å²) in [5.41, 5.74) is 4.96. The number of nitro groups is 1. The standard InChI is InChI=1S/C19H15Cl3N6O4/c20-12-5-6-15(14(22)7-12)32-9-16(29)26-27-19-17(28(30)31)18(24-10-25-19)23-8-11-3-1-2-4-13(11)21/h1-7,10H,8-9H2,(H,26,29)(H2,23,24,25,27). The number of carbonyl (C=O) groups excluding carboxylic acids is 1. The van der Waals surface area contributed by atoms with Crippen LogP contribution in [0.2, 0.25) is 15.1 Å². The molecule has 0 aliphatic heterocycles. The van der Waals surface area contributed by atoms with Crippen molar-refractivity contribution in [1.29, 1.82) is 0 Å². The number of ether oxygens (including phenoxy) is 1. The average molecular weight is 498 g/mol. The molecule has 10 nitrogen and oxygen atoms in total. The zero-order chi connectivity index (χ0) is 23.1. The molecule has 0 atom stereocenters. The molecule has 1 heterocycles. The van der Waals surface area contributed by atoms with Gasteiger partial charge in [-0.1, -0.05) is 53.0 Å². The van der Waals surface area contributed by atoms with E-state index in [2.05, 4.69) is 26.1 Å². The Morgan fingerprint density at radius 2 is 1.81 bits per heavy atom. The number of anilines is 2. The number of aromatic nitrogens is 2. The molecule has 0 bridgehead atoms. The lowest BCUT2D eigenvalue weighted by Crippen LogP contribution is -2.34. The summed E-state index contributed by atoms with van der Waals surface area (Å²) in [4.78, 5) is 30.7. The molecule has 3 N–H and O–H groups in total. The lowest BCUT2D eigenvalue weighted by Gasteiger charge is -2.12. The van der Waals surface area contributed by atoms with Gasteiger partial charge in [0.1, 0.15) is 12.1 Å². The zero-order valence-electron chi connectivity index (χ0n) is 16.1. The van der Waals surface area contributed by atoms with E-state index in [0.29, 0.717) is 10.0 Å². The normalized spacial score (nSPS) is 10.3. The van der Waals surface area contributed by atoms with E-state index in [1.54, 1.807) is 30.3 Å². The Hall–Kier alpha value is -3.34. The molecular weight excluding hydrogens is 483 g/mol. The lowest BCUT2D eigenvalue weighted by molar-refractivity contribution is -0.383. The first-order valence-electron chi connectivity index (χ1n) is 8.94. The van der Waals surface area contributed by atoms with Crippen molar-refractivity contribution in [3.05, 3.63) is 79.5 Å². The Kier molecular flexibility index (Phi) is 7.87. The molecule has 0 aliphatic carbocycles. The third-order valence-corrected chi connectivity index (χ3v) is 4.88. The molecule has 0 saturated heterocycles. The number of hydrogen-bond donors (Lipinski definition) is 3. The van der Waals surface area contributed by atoms with Gasteiger partial charge in [0, 0.05) is 16.6 Å². The fourth-order valence-electron chi connectivity index (χ4n) is 2.49. The van der Waals surface area contributed by atoms with E-state index in [9.17, 15) is 14.9 Å². The number of hydrazine groups is 1. The molecule has 0 fully saturated rings. The van der Waals surface area contributed by atoms with E-state index in [0.717, 1.165) is 11.9 Å². The Morgan fingerprint density at radius 1 is 1.06 bits per heavy atom. The van der Waals surface area contributed by atoms with Gasteiger partial charge in [-0.15, -0.1) is 0 Å². The third kappa shape index (κ3) is 6.10. The highest BCUT2D eigenvalue weighted by molar-refractivity contribution is 6.35. The maximum atomic E-state index is 12.1. The molecule has 1 aromatic heterocycles. The first-order chi connectivity index (χ1) is 15.3. The minimum atomic E-state index is -0.673. The highest BCUT2D eigenvalue weighted by atomic mass is 35.5.